The number of methoxy groups -OCH3 is 2. The molecule has 6 nitrogen and oxygen atoms in total. The summed E-state index contributed by atoms with van der Waals surface area (Å²) in [7, 11) is 3.04. The van der Waals surface area contributed by atoms with Crippen molar-refractivity contribution in [2.45, 2.75) is 39.0 Å². The SMILES string of the molecule is COc1cc(OC)c(N2C(=O)CC(c3ccco3)C3=C2CC(C)(C)CC3=O)cc1Cl. The molecule has 1 atom stereocenters. The molecule has 0 spiro atoms. The molecule has 7 heteroatoms. The second kappa shape index (κ2) is 7.51. The predicted molar refractivity (Wildman–Crippen MR) is 113 cm³/mol. The van der Waals surface area contributed by atoms with Crippen molar-refractivity contribution < 1.29 is 23.5 Å². The molecule has 1 aliphatic heterocycles. The number of hydrogen-bond donors (Lipinski definition) is 0. The molecule has 0 bridgehead atoms. The zero-order chi connectivity index (χ0) is 21.6. The van der Waals surface area contributed by atoms with Crippen LogP contribution < -0.4 is 14.4 Å². The van der Waals surface area contributed by atoms with Gasteiger partial charge in [-0.05, 0) is 30.0 Å². The minimum atomic E-state index is -0.387. The molecule has 30 heavy (non-hydrogen) atoms. The van der Waals surface area contributed by atoms with Gasteiger partial charge in [0.1, 0.15) is 17.3 Å². The van der Waals surface area contributed by atoms with Gasteiger partial charge in [0.25, 0.3) is 0 Å². The highest BCUT2D eigenvalue weighted by atomic mass is 35.5. The van der Waals surface area contributed by atoms with E-state index in [0.717, 1.165) is 0 Å². The molecule has 1 unspecified atom stereocenters. The van der Waals surface area contributed by atoms with Gasteiger partial charge in [0.05, 0.1) is 37.1 Å². The second-order valence-electron chi connectivity index (χ2n) is 8.46. The van der Waals surface area contributed by atoms with Crippen LogP contribution >= 0.6 is 11.6 Å². The van der Waals surface area contributed by atoms with E-state index in [1.165, 1.54) is 14.2 Å². The number of ether oxygens (including phenoxy) is 2. The summed E-state index contributed by atoms with van der Waals surface area (Å²) in [6, 6.07) is 6.90. The average molecular weight is 430 g/mol. The molecular weight excluding hydrogens is 406 g/mol. The Morgan fingerprint density at radius 1 is 1.13 bits per heavy atom. The summed E-state index contributed by atoms with van der Waals surface area (Å²) in [4.78, 5) is 28.3. The molecule has 1 aliphatic carbocycles. The highest BCUT2D eigenvalue weighted by Crippen LogP contribution is 2.50. The third-order valence-corrected chi connectivity index (χ3v) is 6.02. The topological polar surface area (TPSA) is 69.0 Å². The molecule has 2 aliphatic rings. The van der Waals surface area contributed by atoms with Crippen molar-refractivity contribution in [1.29, 1.82) is 0 Å². The van der Waals surface area contributed by atoms with Crippen molar-refractivity contribution in [3.63, 3.8) is 0 Å². The van der Waals surface area contributed by atoms with Crippen molar-refractivity contribution in [1.82, 2.24) is 0 Å². The van der Waals surface area contributed by atoms with E-state index in [0.29, 0.717) is 52.1 Å². The number of amides is 1. The van der Waals surface area contributed by atoms with Gasteiger partial charge in [0, 0.05) is 30.2 Å². The largest absolute Gasteiger partial charge is 0.495 e. The first-order valence-corrected chi connectivity index (χ1v) is 10.2. The van der Waals surface area contributed by atoms with Gasteiger partial charge in [-0.1, -0.05) is 25.4 Å². The first-order chi connectivity index (χ1) is 14.3. The lowest BCUT2D eigenvalue weighted by Crippen LogP contribution is -2.43. The fourth-order valence-electron chi connectivity index (χ4n) is 4.45. The maximum Gasteiger partial charge on any atom is 0.232 e. The monoisotopic (exact) mass is 429 g/mol. The highest BCUT2D eigenvalue weighted by Gasteiger charge is 2.45. The van der Waals surface area contributed by atoms with Gasteiger partial charge in [-0.15, -0.1) is 0 Å². The van der Waals surface area contributed by atoms with E-state index in [2.05, 4.69) is 0 Å². The van der Waals surface area contributed by atoms with Crippen LogP contribution in [0.4, 0.5) is 5.69 Å². The van der Waals surface area contributed by atoms with E-state index in [-0.39, 0.29) is 29.4 Å². The summed E-state index contributed by atoms with van der Waals surface area (Å²) < 4.78 is 16.4. The van der Waals surface area contributed by atoms with Crippen molar-refractivity contribution in [2.24, 2.45) is 5.41 Å². The van der Waals surface area contributed by atoms with Crippen LogP contribution in [0.1, 0.15) is 44.8 Å². The Kier molecular flexibility index (Phi) is 5.14. The van der Waals surface area contributed by atoms with Crippen LogP contribution in [0, 0.1) is 5.41 Å². The lowest BCUT2D eigenvalue weighted by atomic mass is 9.70. The molecule has 2 heterocycles. The summed E-state index contributed by atoms with van der Waals surface area (Å²) in [6.07, 6.45) is 2.69. The normalized spacial score (nSPS) is 21.0. The molecule has 0 fully saturated rings. The molecule has 0 saturated carbocycles. The molecule has 2 aromatic rings. The van der Waals surface area contributed by atoms with Gasteiger partial charge in [-0.3, -0.25) is 14.5 Å². The molecular formula is C23H24ClNO5. The van der Waals surface area contributed by atoms with Crippen molar-refractivity contribution >= 4 is 29.0 Å². The van der Waals surface area contributed by atoms with E-state index >= 15 is 0 Å². The Labute approximate surface area is 180 Å². The Morgan fingerprint density at radius 3 is 2.50 bits per heavy atom. The highest BCUT2D eigenvalue weighted by molar-refractivity contribution is 6.32. The molecule has 4 rings (SSSR count). The Morgan fingerprint density at radius 2 is 1.87 bits per heavy atom. The smallest absolute Gasteiger partial charge is 0.232 e. The first kappa shape index (κ1) is 20.5. The fourth-order valence-corrected chi connectivity index (χ4v) is 4.68. The number of nitrogens with zero attached hydrogens (tertiary/aromatic N) is 1. The lowest BCUT2D eigenvalue weighted by Gasteiger charge is -2.42. The summed E-state index contributed by atoms with van der Waals surface area (Å²) in [5, 5.41) is 0.359. The molecule has 1 aromatic heterocycles. The lowest BCUT2D eigenvalue weighted by molar-refractivity contribution is -0.121. The molecule has 1 amide bonds. The summed E-state index contributed by atoms with van der Waals surface area (Å²) in [5.74, 6) is 1.04. The molecule has 0 radical (unpaired) electrons. The number of furan rings is 1. The van der Waals surface area contributed by atoms with E-state index in [1.54, 1.807) is 29.4 Å². The van der Waals surface area contributed by atoms with Crippen molar-refractivity contribution in [3.8, 4) is 11.5 Å². The van der Waals surface area contributed by atoms with Gasteiger partial charge in [-0.2, -0.15) is 0 Å². The molecule has 0 N–H and O–H groups in total. The van der Waals surface area contributed by atoms with Crippen LogP contribution in [0.15, 0.2) is 46.2 Å². The van der Waals surface area contributed by atoms with Gasteiger partial charge < -0.3 is 13.9 Å². The number of carbonyl (C=O) groups excluding carboxylic acids is 2. The van der Waals surface area contributed by atoms with Crippen LogP contribution in [0.25, 0.3) is 0 Å². The van der Waals surface area contributed by atoms with E-state index in [1.807, 2.05) is 19.9 Å². The fraction of sp³-hybridized carbons (Fsp3) is 0.391. The summed E-state index contributed by atoms with van der Waals surface area (Å²) >= 11 is 6.38. The minimum Gasteiger partial charge on any atom is -0.495 e. The predicted octanol–water partition coefficient (Wildman–Crippen LogP) is 5.11. The Hall–Kier alpha value is -2.73. The van der Waals surface area contributed by atoms with Crippen LogP contribution in [-0.4, -0.2) is 25.9 Å². The second-order valence-corrected chi connectivity index (χ2v) is 8.87. The molecule has 0 saturated heterocycles. The van der Waals surface area contributed by atoms with Crippen molar-refractivity contribution in [3.05, 3.63) is 52.6 Å². The number of benzene rings is 1. The standard InChI is InChI=1S/C23H24ClNO5/c1-23(2)11-16-22(17(26)12-23)13(18-6-5-7-30-18)8-21(27)25(16)15-9-14(24)19(28-3)10-20(15)29-4/h5-7,9-10,13H,8,11-12H2,1-4H3. The number of halogens is 1. The van der Waals surface area contributed by atoms with Gasteiger partial charge >= 0.3 is 0 Å². The Balaban J connectivity index is 1.94. The van der Waals surface area contributed by atoms with Crippen LogP contribution in [-0.2, 0) is 9.59 Å². The number of ketones is 1. The van der Waals surface area contributed by atoms with E-state index < -0.39 is 0 Å². The van der Waals surface area contributed by atoms with Gasteiger partial charge in [0.2, 0.25) is 5.91 Å². The minimum absolute atomic E-state index is 0.0405. The maximum atomic E-state index is 13.4. The van der Waals surface area contributed by atoms with Crippen LogP contribution in [0.2, 0.25) is 5.02 Å². The number of anilines is 1. The first-order valence-electron chi connectivity index (χ1n) is 9.80. The van der Waals surface area contributed by atoms with Gasteiger partial charge in [-0.25, -0.2) is 0 Å². The molecule has 1 aromatic carbocycles. The number of rotatable bonds is 4. The third kappa shape index (κ3) is 3.39. The zero-order valence-corrected chi connectivity index (χ0v) is 18.2. The van der Waals surface area contributed by atoms with Crippen LogP contribution in [0.3, 0.4) is 0 Å². The van der Waals surface area contributed by atoms with Crippen molar-refractivity contribution in [2.75, 3.05) is 19.1 Å². The van der Waals surface area contributed by atoms with E-state index in [4.69, 9.17) is 25.5 Å². The number of carbonyl (C=O) groups is 2. The summed E-state index contributed by atoms with van der Waals surface area (Å²) in [5.41, 5.74) is 1.55. The maximum absolute atomic E-state index is 13.4. The quantitative estimate of drug-likeness (QED) is 0.675. The number of allylic oxidation sites excluding steroid dienone is 2. The number of hydrogen-bond acceptors (Lipinski definition) is 5. The summed E-state index contributed by atoms with van der Waals surface area (Å²) in [6.45, 7) is 4.07. The zero-order valence-electron chi connectivity index (χ0n) is 17.5. The van der Waals surface area contributed by atoms with Gasteiger partial charge in [0.15, 0.2) is 5.78 Å². The van der Waals surface area contributed by atoms with E-state index in [9.17, 15) is 9.59 Å². The Bertz CT molecular complexity index is 1040. The average Bonchev–Trinajstić information content (AvgIpc) is 3.21. The number of Topliss-reactive ketones (excluding diaryl/α,β-unsaturated/α-hetero) is 1. The van der Waals surface area contributed by atoms with Crippen LogP contribution in [0.5, 0.6) is 11.5 Å². The molecule has 158 valence electrons. The third-order valence-electron chi connectivity index (χ3n) is 5.72.